The van der Waals surface area contributed by atoms with Crippen LogP contribution in [0.3, 0.4) is 0 Å². The van der Waals surface area contributed by atoms with E-state index in [1.165, 1.54) is 27.5 Å². The molecule has 0 unspecified atom stereocenters. The van der Waals surface area contributed by atoms with Crippen molar-refractivity contribution in [3.63, 3.8) is 0 Å². The van der Waals surface area contributed by atoms with Gasteiger partial charge in [-0.05, 0) is 11.8 Å². The van der Waals surface area contributed by atoms with Gasteiger partial charge in [-0.25, -0.2) is 0 Å². The average molecular weight is 343 g/mol. The van der Waals surface area contributed by atoms with Crippen LogP contribution in [0.25, 0.3) is 10.8 Å². The number of benzene rings is 1. The predicted octanol–water partition coefficient (Wildman–Crippen LogP) is -0.881. The van der Waals surface area contributed by atoms with E-state index in [9.17, 15) is 0 Å². The van der Waals surface area contributed by atoms with E-state index in [0.29, 0.717) is 11.8 Å². The van der Waals surface area contributed by atoms with E-state index in [4.69, 9.17) is 0 Å². The quantitative estimate of drug-likeness (QED) is 0.622. The third kappa shape index (κ3) is 4.28. The van der Waals surface area contributed by atoms with Crippen LogP contribution in [0.5, 0.6) is 0 Å². The van der Waals surface area contributed by atoms with Crippen LogP contribution in [0.2, 0.25) is 0 Å². The minimum absolute atomic E-state index is 0. The molecule has 0 aliphatic heterocycles. The van der Waals surface area contributed by atoms with Gasteiger partial charge in [0.05, 0.1) is 0 Å². The zero-order valence-corrected chi connectivity index (χ0v) is 14.7. The summed E-state index contributed by atoms with van der Waals surface area (Å²) in [4.78, 5) is 0. The second-order valence-electron chi connectivity index (χ2n) is 5.46. The van der Waals surface area contributed by atoms with Crippen LogP contribution in [-0.2, 0) is 26.2 Å². The Morgan fingerprint density at radius 2 is 1.47 bits per heavy atom. The van der Waals surface area contributed by atoms with Crippen molar-refractivity contribution in [2.24, 2.45) is 0 Å². The fourth-order valence-electron chi connectivity index (χ4n) is 2.33. The molecule has 2 aromatic rings. The summed E-state index contributed by atoms with van der Waals surface area (Å²) >= 11 is 0. The van der Waals surface area contributed by atoms with E-state index in [1.54, 1.807) is 0 Å². The Balaban J connectivity index is 0. The topological polar surface area (TPSA) is 0 Å². The van der Waals surface area contributed by atoms with Gasteiger partial charge in [0, 0.05) is 0 Å². The van der Waals surface area contributed by atoms with Crippen LogP contribution in [0.15, 0.2) is 24.3 Å². The number of aryl methyl sites for hydroxylation is 1. The van der Waals surface area contributed by atoms with Crippen molar-refractivity contribution in [2.45, 2.75) is 46.5 Å². The van der Waals surface area contributed by atoms with Crippen LogP contribution in [0.1, 0.15) is 56.2 Å². The number of fused-ring (bicyclic) bond motifs is 1. The summed E-state index contributed by atoms with van der Waals surface area (Å²) in [6.07, 6.45) is 0. The van der Waals surface area contributed by atoms with E-state index < -0.39 is 0 Å². The molecule has 0 bridgehead atoms. The molecule has 0 aliphatic rings. The molecule has 2 aromatic carbocycles. The Bertz CT molecular complexity index is 513. The second-order valence-corrected chi connectivity index (χ2v) is 5.46. The molecular formula is C16H21F2Zr. The molecule has 2 rings (SSSR count). The van der Waals surface area contributed by atoms with Crippen LogP contribution in [0, 0.1) is 6.92 Å². The Morgan fingerprint density at radius 3 is 1.95 bits per heavy atom. The monoisotopic (exact) mass is 341 g/mol. The van der Waals surface area contributed by atoms with Gasteiger partial charge in [0.25, 0.3) is 0 Å². The first-order valence-corrected chi connectivity index (χ1v) is 6.20. The molecular weight excluding hydrogens is 321 g/mol. The molecule has 0 aromatic heterocycles. The first kappa shape index (κ1) is 20.9. The van der Waals surface area contributed by atoms with Crippen LogP contribution in [0.4, 0.5) is 0 Å². The smallest absolute Gasteiger partial charge is 1.00 e. The van der Waals surface area contributed by atoms with Gasteiger partial charge in [-0.2, -0.15) is 6.07 Å². The number of rotatable bonds is 2. The van der Waals surface area contributed by atoms with E-state index in [0.717, 1.165) is 0 Å². The fourth-order valence-corrected chi connectivity index (χ4v) is 2.33. The first-order valence-electron chi connectivity index (χ1n) is 6.20. The van der Waals surface area contributed by atoms with Crippen LogP contribution < -0.4 is 9.41 Å². The largest absolute Gasteiger partial charge is 3.00 e. The maximum atomic E-state index is 2.39. The minimum atomic E-state index is 0. The molecule has 0 N–H and O–H groups in total. The SMILES string of the molecule is Cc1cc2c(C(C)C)cc(C(C)C)cc2[cH-]1.[F-].[F-].[Zr+3]. The molecule has 0 amide bonds. The summed E-state index contributed by atoms with van der Waals surface area (Å²) in [5.41, 5.74) is 4.33. The molecule has 103 valence electrons. The predicted molar refractivity (Wildman–Crippen MR) is 72.5 cm³/mol. The average Bonchev–Trinajstić information content (AvgIpc) is 2.55. The molecule has 0 saturated carbocycles. The van der Waals surface area contributed by atoms with E-state index in [2.05, 4.69) is 58.9 Å². The molecule has 0 spiro atoms. The normalized spacial score (nSPS) is 10.1. The Hall–Kier alpha value is -0.427. The second kappa shape index (κ2) is 7.99. The van der Waals surface area contributed by atoms with Crippen molar-refractivity contribution in [3.05, 3.63) is 41.0 Å². The van der Waals surface area contributed by atoms with Crippen molar-refractivity contribution in [2.75, 3.05) is 0 Å². The van der Waals surface area contributed by atoms with Gasteiger partial charge < -0.3 is 9.41 Å². The molecule has 0 fully saturated rings. The van der Waals surface area contributed by atoms with Gasteiger partial charge in [0.2, 0.25) is 0 Å². The molecule has 0 atom stereocenters. The Kier molecular flexibility index (Phi) is 8.79. The summed E-state index contributed by atoms with van der Waals surface area (Å²) in [5, 5.41) is 2.85. The summed E-state index contributed by atoms with van der Waals surface area (Å²) in [7, 11) is 0. The van der Waals surface area contributed by atoms with Crippen molar-refractivity contribution >= 4 is 10.8 Å². The van der Waals surface area contributed by atoms with E-state index in [1.807, 2.05) is 0 Å². The van der Waals surface area contributed by atoms with Crippen molar-refractivity contribution in [1.29, 1.82) is 0 Å². The maximum Gasteiger partial charge on any atom is 3.00 e. The molecule has 0 saturated heterocycles. The summed E-state index contributed by atoms with van der Waals surface area (Å²) in [6, 6.07) is 9.35. The number of halogens is 2. The Morgan fingerprint density at radius 1 is 0.895 bits per heavy atom. The maximum absolute atomic E-state index is 2.39. The van der Waals surface area contributed by atoms with Gasteiger partial charge in [-0.1, -0.05) is 51.8 Å². The summed E-state index contributed by atoms with van der Waals surface area (Å²) < 4.78 is 0. The minimum Gasteiger partial charge on any atom is -1.00 e. The molecule has 0 heterocycles. The van der Waals surface area contributed by atoms with Gasteiger partial charge in [0.1, 0.15) is 0 Å². The third-order valence-electron chi connectivity index (χ3n) is 3.31. The molecule has 19 heavy (non-hydrogen) atoms. The Labute approximate surface area is 133 Å². The zero-order valence-electron chi connectivity index (χ0n) is 12.2. The summed E-state index contributed by atoms with van der Waals surface area (Å²) in [6.45, 7) is 11.3. The first-order chi connectivity index (χ1) is 7.49. The van der Waals surface area contributed by atoms with Crippen LogP contribution >= 0.6 is 0 Å². The van der Waals surface area contributed by atoms with Gasteiger partial charge in [0.15, 0.2) is 0 Å². The van der Waals surface area contributed by atoms with Gasteiger partial charge in [-0.3, -0.25) is 0 Å². The number of hydrogen-bond donors (Lipinski definition) is 0. The number of hydrogen-bond acceptors (Lipinski definition) is 0. The zero-order chi connectivity index (χ0) is 11.9. The van der Waals surface area contributed by atoms with Crippen LogP contribution in [-0.4, -0.2) is 0 Å². The molecule has 0 aliphatic carbocycles. The fraction of sp³-hybridized carbons (Fsp3) is 0.438. The molecule has 1 radical (unpaired) electrons. The van der Waals surface area contributed by atoms with Crippen molar-refractivity contribution in [1.82, 2.24) is 0 Å². The van der Waals surface area contributed by atoms with Crippen molar-refractivity contribution in [3.8, 4) is 0 Å². The molecule has 0 nitrogen and oxygen atoms in total. The van der Waals surface area contributed by atoms with Gasteiger partial charge in [-0.15, -0.1) is 28.5 Å². The van der Waals surface area contributed by atoms with Gasteiger partial charge >= 0.3 is 26.2 Å². The van der Waals surface area contributed by atoms with E-state index >= 15 is 0 Å². The third-order valence-corrected chi connectivity index (χ3v) is 3.31. The van der Waals surface area contributed by atoms with Crippen molar-refractivity contribution < 1.29 is 35.6 Å². The molecule has 3 heteroatoms. The van der Waals surface area contributed by atoms with E-state index in [-0.39, 0.29) is 35.6 Å². The summed E-state index contributed by atoms with van der Waals surface area (Å²) in [5.74, 6) is 1.21. The standard InChI is InChI=1S/C16H21.2FH.Zr/c1-10(2)13-8-14-6-12(5)7-16(14)15(9-13)11(3)4;;;/h6-11H,1-5H3;2*1H;/q-1;;;+3/p-2.